The average molecular weight is 492 g/mol. The highest BCUT2D eigenvalue weighted by Gasteiger charge is 2.43. The van der Waals surface area contributed by atoms with Gasteiger partial charge in [-0.3, -0.25) is 14.4 Å². The van der Waals surface area contributed by atoms with Crippen molar-refractivity contribution in [2.45, 2.75) is 44.2 Å². The zero-order valence-electron chi connectivity index (χ0n) is 18.5. The zero-order valence-corrected chi connectivity index (χ0v) is 20.0. The number of halogens is 1. The van der Waals surface area contributed by atoms with Crippen LogP contribution in [0.1, 0.15) is 42.6 Å². The van der Waals surface area contributed by atoms with Crippen LogP contribution < -0.4 is 5.32 Å². The Labute approximate surface area is 198 Å². The number of carbonyl (C=O) groups is 3. The van der Waals surface area contributed by atoms with E-state index in [1.54, 1.807) is 37.3 Å². The lowest BCUT2D eigenvalue weighted by Crippen LogP contribution is -2.51. The Bertz CT molecular complexity index is 1170. The lowest BCUT2D eigenvalue weighted by atomic mass is 10.1. The first kappa shape index (κ1) is 24.7. The monoisotopic (exact) mass is 491 g/mol. The van der Waals surface area contributed by atoms with E-state index < -0.39 is 34.4 Å². The van der Waals surface area contributed by atoms with Crippen molar-refractivity contribution in [1.82, 2.24) is 14.5 Å². The molecule has 0 fully saturated rings. The third-order valence-corrected chi connectivity index (χ3v) is 7.45. The second-order valence-corrected chi connectivity index (χ2v) is 10.1. The number of nitrogens with zero attached hydrogens (tertiary/aromatic N) is 2. The fraction of sp³-hybridized carbons (Fsp3) is 0.348. The Morgan fingerprint density at radius 3 is 2.55 bits per heavy atom. The van der Waals surface area contributed by atoms with Crippen LogP contribution >= 0.6 is 11.6 Å². The van der Waals surface area contributed by atoms with Crippen LogP contribution in [0.2, 0.25) is 5.02 Å². The largest absolute Gasteiger partial charge is 0.354 e. The van der Waals surface area contributed by atoms with Crippen LogP contribution in [0.5, 0.6) is 0 Å². The second kappa shape index (κ2) is 10.4. The van der Waals surface area contributed by atoms with Crippen LogP contribution in [-0.2, 0) is 26.2 Å². The van der Waals surface area contributed by atoms with Crippen LogP contribution in [0, 0.1) is 0 Å². The average Bonchev–Trinajstić information content (AvgIpc) is 2.98. The molecule has 33 heavy (non-hydrogen) atoms. The van der Waals surface area contributed by atoms with Crippen molar-refractivity contribution in [3.63, 3.8) is 0 Å². The number of nitrogens with one attached hydrogen (secondary N) is 1. The third kappa shape index (κ3) is 5.36. The van der Waals surface area contributed by atoms with Gasteiger partial charge in [0.2, 0.25) is 11.8 Å². The predicted molar refractivity (Wildman–Crippen MR) is 124 cm³/mol. The van der Waals surface area contributed by atoms with Gasteiger partial charge < -0.3 is 10.2 Å². The maximum atomic E-state index is 13.3. The van der Waals surface area contributed by atoms with Crippen LogP contribution in [-0.4, -0.2) is 54.5 Å². The van der Waals surface area contributed by atoms with Crippen LogP contribution in [0.3, 0.4) is 0 Å². The summed E-state index contributed by atoms with van der Waals surface area (Å²) in [6, 6.07) is 11.7. The summed E-state index contributed by atoms with van der Waals surface area (Å²) in [6.07, 6.45) is 1.69. The summed E-state index contributed by atoms with van der Waals surface area (Å²) >= 11 is 6.07. The molecule has 0 bridgehead atoms. The Balaban J connectivity index is 1.86. The van der Waals surface area contributed by atoms with Gasteiger partial charge in [-0.05, 0) is 43.2 Å². The standard InChI is InChI=1S/C23H26ClN3O5S/c1-3-4-12-25-22(29)16(2)26(14-17-8-7-9-18(24)13-17)21(28)15-27-23(30)19-10-5-6-11-20(19)33(27,31)32/h5-11,13,16H,3-4,12,14-15H2,1-2H3,(H,25,29). The van der Waals surface area contributed by atoms with E-state index in [1.165, 1.54) is 23.1 Å². The quantitative estimate of drug-likeness (QED) is 0.543. The lowest BCUT2D eigenvalue weighted by molar-refractivity contribution is -0.140. The van der Waals surface area contributed by atoms with Crippen molar-refractivity contribution in [3.8, 4) is 0 Å². The zero-order chi connectivity index (χ0) is 24.2. The SMILES string of the molecule is CCCCNC(=O)C(C)N(Cc1cccc(Cl)c1)C(=O)CN1C(=O)c2ccccc2S1(=O)=O. The van der Waals surface area contributed by atoms with E-state index in [2.05, 4.69) is 5.32 Å². The van der Waals surface area contributed by atoms with Gasteiger partial charge in [-0.15, -0.1) is 0 Å². The molecule has 176 valence electrons. The number of unbranched alkanes of at least 4 members (excludes halogenated alkanes) is 1. The smallest absolute Gasteiger partial charge is 0.269 e. The minimum Gasteiger partial charge on any atom is -0.354 e. The van der Waals surface area contributed by atoms with Gasteiger partial charge in [-0.1, -0.05) is 49.2 Å². The molecule has 1 heterocycles. The van der Waals surface area contributed by atoms with Crippen molar-refractivity contribution in [3.05, 3.63) is 64.7 Å². The molecule has 0 radical (unpaired) electrons. The number of amides is 3. The topological polar surface area (TPSA) is 104 Å². The Morgan fingerprint density at radius 2 is 1.88 bits per heavy atom. The summed E-state index contributed by atoms with van der Waals surface area (Å²) in [5, 5.41) is 3.26. The molecule has 1 unspecified atom stereocenters. The molecule has 0 spiro atoms. The predicted octanol–water partition coefficient (Wildman–Crippen LogP) is 2.82. The molecule has 2 aromatic carbocycles. The van der Waals surface area contributed by atoms with Crippen molar-refractivity contribution in [2.24, 2.45) is 0 Å². The summed E-state index contributed by atoms with van der Waals surface area (Å²) in [5.41, 5.74) is 0.694. The number of sulfonamides is 1. The number of hydrogen-bond acceptors (Lipinski definition) is 5. The molecule has 8 nitrogen and oxygen atoms in total. The first-order valence-corrected chi connectivity index (χ1v) is 12.5. The Morgan fingerprint density at radius 1 is 1.15 bits per heavy atom. The van der Waals surface area contributed by atoms with E-state index in [0.717, 1.165) is 12.8 Å². The van der Waals surface area contributed by atoms with E-state index >= 15 is 0 Å². The van der Waals surface area contributed by atoms with E-state index in [0.29, 0.717) is 21.4 Å². The Kier molecular flexibility index (Phi) is 7.76. The number of benzene rings is 2. The lowest BCUT2D eigenvalue weighted by Gasteiger charge is -2.30. The minimum absolute atomic E-state index is 0.0246. The fourth-order valence-electron chi connectivity index (χ4n) is 3.55. The summed E-state index contributed by atoms with van der Waals surface area (Å²) in [7, 11) is -4.15. The van der Waals surface area contributed by atoms with Gasteiger partial charge in [-0.2, -0.15) is 0 Å². The highest BCUT2D eigenvalue weighted by Crippen LogP contribution is 2.30. The van der Waals surface area contributed by atoms with Crippen LogP contribution in [0.15, 0.2) is 53.4 Å². The molecule has 1 atom stereocenters. The maximum Gasteiger partial charge on any atom is 0.269 e. The molecule has 1 aliphatic heterocycles. The fourth-order valence-corrected chi connectivity index (χ4v) is 5.28. The summed E-state index contributed by atoms with van der Waals surface area (Å²) in [6.45, 7) is 3.35. The van der Waals surface area contributed by atoms with Crippen molar-refractivity contribution in [1.29, 1.82) is 0 Å². The van der Waals surface area contributed by atoms with E-state index in [9.17, 15) is 22.8 Å². The second-order valence-electron chi connectivity index (χ2n) is 7.79. The summed E-state index contributed by atoms with van der Waals surface area (Å²) in [5.74, 6) is -1.79. The van der Waals surface area contributed by atoms with Gasteiger partial charge in [-0.25, -0.2) is 12.7 Å². The number of carbonyl (C=O) groups excluding carboxylic acids is 3. The van der Waals surface area contributed by atoms with Crippen LogP contribution in [0.4, 0.5) is 0 Å². The van der Waals surface area contributed by atoms with Crippen molar-refractivity contribution in [2.75, 3.05) is 13.1 Å². The van der Waals surface area contributed by atoms with Gasteiger partial charge in [0, 0.05) is 18.1 Å². The summed E-state index contributed by atoms with van der Waals surface area (Å²) in [4.78, 5) is 39.9. The van der Waals surface area contributed by atoms with Gasteiger partial charge in [0.25, 0.3) is 15.9 Å². The molecule has 0 saturated heterocycles. The number of fused-ring (bicyclic) bond motifs is 1. The molecule has 0 saturated carbocycles. The molecule has 1 aliphatic rings. The normalized spacial score (nSPS) is 15.1. The molecule has 3 amide bonds. The molecule has 0 aromatic heterocycles. The van der Waals surface area contributed by atoms with Crippen molar-refractivity contribution < 1.29 is 22.8 Å². The molecular weight excluding hydrogens is 466 g/mol. The van der Waals surface area contributed by atoms with Gasteiger partial charge in [0.1, 0.15) is 17.5 Å². The van der Waals surface area contributed by atoms with E-state index in [1.807, 2.05) is 6.92 Å². The molecule has 0 aliphatic carbocycles. The molecule has 10 heteroatoms. The molecule has 1 N–H and O–H groups in total. The highest BCUT2D eigenvalue weighted by molar-refractivity contribution is 7.90. The molecular formula is C23H26ClN3O5S. The number of rotatable bonds is 9. The number of hydrogen-bond donors (Lipinski definition) is 1. The van der Waals surface area contributed by atoms with Gasteiger partial charge >= 0.3 is 0 Å². The maximum absolute atomic E-state index is 13.3. The van der Waals surface area contributed by atoms with E-state index in [-0.39, 0.29) is 22.9 Å². The first-order chi connectivity index (χ1) is 15.7. The van der Waals surface area contributed by atoms with Gasteiger partial charge in [0.15, 0.2) is 0 Å². The molecule has 3 rings (SSSR count). The molecule has 2 aromatic rings. The summed E-state index contributed by atoms with van der Waals surface area (Å²) < 4.78 is 26.3. The third-order valence-electron chi connectivity index (χ3n) is 5.43. The van der Waals surface area contributed by atoms with E-state index in [4.69, 9.17) is 11.6 Å². The first-order valence-electron chi connectivity index (χ1n) is 10.6. The highest BCUT2D eigenvalue weighted by atomic mass is 35.5. The van der Waals surface area contributed by atoms with Crippen LogP contribution in [0.25, 0.3) is 0 Å². The van der Waals surface area contributed by atoms with Crippen molar-refractivity contribution >= 4 is 39.3 Å². The Hall–Kier alpha value is -2.91. The van der Waals surface area contributed by atoms with Gasteiger partial charge in [0.05, 0.1) is 5.56 Å². The minimum atomic E-state index is -4.15.